The van der Waals surface area contributed by atoms with E-state index >= 15 is 0 Å². The van der Waals surface area contributed by atoms with Crippen molar-refractivity contribution >= 4 is 16.9 Å². The van der Waals surface area contributed by atoms with Gasteiger partial charge < -0.3 is 15.5 Å². The zero-order valence-electron chi connectivity index (χ0n) is 17.0. The molecule has 1 aromatic heterocycles. The Hall–Kier alpha value is -3.27. The molecule has 0 aliphatic rings. The maximum absolute atomic E-state index is 13.7. The SMILES string of the molecule is CCCCNC(c1ccc(F)c(F)c1)c1ccc2cccnc2c1O.O=C(O)C(F)(F)F. The molecule has 172 valence electrons. The van der Waals surface area contributed by atoms with E-state index in [9.17, 15) is 27.1 Å². The normalized spacial score (nSPS) is 12.2. The summed E-state index contributed by atoms with van der Waals surface area (Å²) in [5.41, 5.74) is 1.64. The first-order valence-electron chi connectivity index (χ1n) is 9.61. The van der Waals surface area contributed by atoms with Gasteiger partial charge in [0.15, 0.2) is 11.6 Å². The van der Waals surface area contributed by atoms with Gasteiger partial charge in [0.1, 0.15) is 11.3 Å². The summed E-state index contributed by atoms with van der Waals surface area (Å²) < 4.78 is 58.8. The van der Waals surface area contributed by atoms with Crippen LogP contribution in [0.25, 0.3) is 10.9 Å². The molecule has 0 spiro atoms. The fourth-order valence-electron chi connectivity index (χ4n) is 2.90. The monoisotopic (exact) mass is 456 g/mol. The number of benzene rings is 2. The number of nitrogens with one attached hydrogen (secondary N) is 1. The number of pyridine rings is 1. The molecule has 3 rings (SSSR count). The summed E-state index contributed by atoms with van der Waals surface area (Å²) in [7, 11) is 0. The van der Waals surface area contributed by atoms with Crippen molar-refractivity contribution in [1.29, 1.82) is 0 Å². The molecule has 0 aliphatic carbocycles. The van der Waals surface area contributed by atoms with Crippen LogP contribution in [0.4, 0.5) is 22.0 Å². The van der Waals surface area contributed by atoms with Crippen LogP contribution in [-0.2, 0) is 4.79 Å². The molecule has 1 atom stereocenters. The number of nitrogens with zero attached hydrogens (tertiary/aromatic N) is 1. The van der Waals surface area contributed by atoms with Crippen molar-refractivity contribution < 1.29 is 37.0 Å². The molecule has 0 aliphatic heterocycles. The number of carbonyl (C=O) groups is 1. The summed E-state index contributed by atoms with van der Waals surface area (Å²) in [5.74, 6) is -4.50. The number of carboxylic acids is 1. The molecule has 3 aromatic rings. The van der Waals surface area contributed by atoms with E-state index < -0.39 is 29.8 Å². The van der Waals surface area contributed by atoms with Gasteiger partial charge in [0, 0.05) is 17.1 Å². The van der Waals surface area contributed by atoms with Crippen LogP contribution >= 0.6 is 0 Å². The second-order valence-electron chi connectivity index (χ2n) is 6.80. The lowest BCUT2D eigenvalue weighted by Gasteiger charge is -2.21. The minimum absolute atomic E-state index is 0.0526. The predicted molar refractivity (Wildman–Crippen MR) is 108 cm³/mol. The average Bonchev–Trinajstić information content (AvgIpc) is 2.74. The highest BCUT2D eigenvalue weighted by Gasteiger charge is 2.38. The first kappa shape index (κ1) is 25.0. The molecule has 1 heterocycles. The Morgan fingerprint density at radius 1 is 1.12 bits per heavy atom. The van der Waals surface area contributed by atoms with E-state index in [1.54, 1.807) is 18.3 Å². The van der Waals surface area contributed by atoms with Crippen LogP contribution in [0.5, 0.6) is 5.75 Å². The first-order chi connectivity index (χ1) is 15.1. The second-order valence-corrected chi connectivity index (χ2v) is 6.80. The molecule has 5 nitrogen and oxygen atoms in total. The Kier molecular flexibility index (Phi) is 8.48. The zero-order chi connectivity index (χ0) is 23.9. The minimum atomic E-state index is -5.08. The van der Waals surface area contributed by atoms with Crippen LogP contribution in [0.15, 0.2) is 48.7 Å². The summed E-state index contributed by atoms with van der Waals surface area (Å²) >= 11 is 0. The maximum atomic E-state index is 13.7. The minimum Gasteiger partial charge on any atom is -0.505 e. The molecule has 2 aromatic carbocycles. The number of aromatic hydroxyl groups is 1. The fraction of sp³-hybridized carbons (Fsp3) is 0.273. The number of halogens is 5. The van der Waals surface area contributed by atoms with Crippen molar-refractivity contribution in [2.45, 2.75) is 32.0 Å². The third-order valence-electron chi connectivity index (χ3n) is 4.49. The van der Waals surface area contributed by atoms with Gasteiger partial charge in [-0.05, 0) is 36.7 Å². The van der Waals surface area contributed by atoms with Crippen molar-refractivity contribution in [2.24, 2.45) is 0 Å². The molecule has 1 unspecified atom stereocenters. The molecule has 0 saturated carbocycles. The number of rotatable bonds is 6. The first-order valence-corrected chi connectivity index (χ1v) is 9.61. The summed E-state index contributed by atoms with van der Waals surface area (Å²) in [4.78, 5) is 13.1. The van der Waals surface area contributed by atoms with Gasteiger partial charge in [-0.1, -0.05) is 37.6 Å². The van der Waals surface area contributed by atoms with E-state index in [1.807, 2.05) is 12.1 Å². The zero-order valence-corrected chi connectivity index (χ0v) is 17.0. The standard InChI is InChI=1S/C20H20F2N2O.C2HF3O2/c1-2-3-10-23-18(14-7-9-16(21)17(22)12-14)15-8-6-13-5-4-11-24-19(13)20(15)25;3-2(4,5)1(6)7/h4-9,11-12,18,23,25H,2-3,10H2,1H3;(H,6,7). The van der Waals surface area contributed by atoms with Crippen molar-refractivity contribution in [3.8, 4) is 5.75 Å². The number of carboxylic acid groups (broad SMARTS) is 1. The number of phenols is 1. The van der Waals surface area contributed by atoms with Gasteiger partial charge in [0.2, 0.25) is 0 Å². The number of hydrogen-bond acceptors (Lipinski definition) is 4. The van der Waals surface area contributed by atoms with Gasteiger partial charge in [0.25, 0.3) is 0 Å². The molecule has 0 fully saturated rings. The van der Waals surface area contributed by atoms with Crippen LogP contribution < -0.4 is 5.32 Å². The highest BCUT2D eigenvalue weighted by Crippen LogP contribution is 2.34. The lowest BCUT2D eigenvalue weighted by atomic mass is 9.96. The average molecular weight is 456 g/mol. The summed E-state index contributed by atoms with van der Waals surface area (Å²) in [6, 6.07) is 10.7. The molecule has 0 radical (unpaired) electrons. The molecule has 0 saturated heterocycles. The third-order valence-corrected chi connectivity index (χ3v) is 4.49. The lowest BCUT2D eigenvalue weighted by molar-refractivity contribution is -0.192. The van der Waals surface area contributed by atoms with E-state index in [-0.39, 0.29) is 5.75 Å². The van der Waals surface area contributed by atoms with E-state index in [1.165, 1.54) is 12.1 Å². The molecule has 0 amide bonds. The largest absolute Gasteiger partial charge is 0.505 e. The topological polar surface area (TPSA) is 82.5 Å². The van der Waals surface area contributed by atoms with E-state index in [4.69, 9.17) is 9.90 Å². The molecular weight excluding hydrogens is 435 g/mol. The Morgan fingerprint density at radius 2 is 1.81 bits per heavy atom. The van der Waals surface area contributed by atoms with Crippen molar-refractivity contribution in [3.63, 3.8) is 0 Å². The van der Waals surface area contributed by atoms with Gasteiger partial charge in [-0.2, -0.15) is 13.2 Å². The van der Waals surface area contributed by atoms with Crippen LogP contribution in [0.3, 0.4) is 0 Å². The number of fused-ring (bicyclic) bond motifs is 1. The van der Waals surface area contributed by atoms with Gasteiger partial charge in [0.05, 0.1) is 6.04 Å². The Labute approximate surface area is 180 Å². The van der Waals surface area contributed by atoms with Crippen molar-refractivity contribution in [3.05, 3.63) is 71.4 Å². The molecular formula is C22H21F5N2O3. The molecule has 0 bridgehead atoms. The van der Waals surface area contributed by atoms with Gasteiger partial charge >= 0.3 is 12.1 Å². The van der Waals surface area contributed by atoms with Gasteiger partial charge in [-0.25, -0.2) is 13.6 Å². The smallest absolute Gasteiger partial charge is 0.490 e. The van der Waals surface area contributed by atoms with Crippen LogP contribution in [-0.4, -0.2) is 33.9 Å². The van der Waals surface area contributed by atoms with Gasteiger partial charge in [-0.3, -0.25) is 4.98 Å². The van der Waals surface area contributed by atoms with Crippen LogP contribution in [0.1, 0.15) is 36.9 Å². The quantitative estimate of drug-likeness (QED) is 0.345. The Morgan fingerprint density at radius 3 is 2.41 bits per heavy atom. The predicted octanol–water partition coefficient (Wildman–Crippen LogP) is 5.33. The molecule has 3 N–H and O–H groups in total. The number of unbranched alkanes of at least 4 members (excludes halogenated alkanes) is 1. The summed E-state index contributed by atoms with van der Waals surface area (Å²) in [6.45, 7) is 2.77. The van der Waals surface area contributed by atoms with E-state index in [0.29, 0.717) is 23.2 Å². The fourth-order valence-corrected chi connectivity index (χ4v) is 2.90. The number of aliphatic carboxylic acids is 1. The van der Waals surface area contributed by atoms with Crippen LogP contribution in [0.2, 0.25) is 0 Å². The Balaban J connectivity index is 0.000000451. The number of aromatic nitrogens is 1. The summed E-state index contributed by atoms with van der Waals surface area (Å²) in [5, 5.41) is 22.0. The van der Waals surface area contributed by atoms with Crippen LogP contribution in [0, 0.1) is 11.6 Å². The highest BCUT2D eigenvalue weighted by atomic mass is 19.4. The molecule has 10 heteroatoms. The maximum Gasteiger partial charge on any atom is 0.490 e. The number of phenolic OH excluding ortho intramolecular Hbond substituents is 1. The number of alkyl halides is 3. The van der Waals surface area contributed by atoms with Crippen molar-refractivity contribution in [2.75, 3.05) is 6.54 Å². The second kappa shape index (κ2) is 10.9. The van der Waals surface area contributed by atoms with E-state index in [0.717, 1.165) is 24.3 Å². The third kappa shape index (κ3) is 6.36. The molecule has 32 heavy (non-hydrogen) atoms. The Bertz CT molecular complexity index is 1070. The lowest BCUT2D eigenvalue weighted by Crippen LogP contribution is -2.24. The summed E-state index contributed by atoms with van der Waals surface area (Å²) in [6.07, 6.45) is -1.53. The van der Waals surface area contributed by atoms with E-state index in [2.05, 4.69) is 17.2 Å². The van der Waals surface area contributed by atoms with Gasteiger partial charge in [-0.15, -0.1) is 0 Å². The number of hydrogen-bond donors (Lipinski definition) is 3. The highest BCUT2D eigenvalue weighted by molar-refractivity contribution is 5.85. The van der Waals surface area contributed by atoms with Crippen molar-refractivity contribution in [1.82, 2.24) is 10.3 Å².